The molecule has 2 aromatic carbocycles. The molecule has 2 aromatic rings. The lowest BCUT2D eigenvalue weighted by Crippen LogP contribution is -2.23. The van der Waals surface area contributed by atoms with Crippen LogP contribution in [0.2, 0.25) is 0 Å². The predicted molar refractivity (Wildman–Crippen MR) is 109 cm³/mol. The van der Waals surface area contributed by atoms with Crippen LogP contribution in [-0.4, -0.2) is 18.5 Å². The molecule has 0 aromatic heterocycles. The van der Waals surface area contributed by atoms with Crippen molar-refractivity contribution >= 4 is 17.6 Å². The molecule has 1 amide bonds. The quantitative estimate of drug-likeness (QED) is 0.701. The smallest absolute Gasteiger partial charge is 0.338 e. The van der Waals surface area contributed by atoms with Crippen LogP contribution in [0.4, 0.5) is 5.69 Å². The second kappa shape index (κ2) is 8.85. The molecule has 0 atom stereocenters. The first-order valence-corrected chi connectivity index (χ1v) is 9.37. The van der Waals surface area contributed by atoms with E-state index in [-0.39, 0.29) is 24.3 Å². The number of carbonyl (C=O) groups excluding carboxylic acids is 2. The van der Waals surface area contributed by atoms with Gasteiger partial charge in [-0.1, -0.05) is 63.6 Å². The lowest BCUT2D eigenvalue weighted by molar-refractivity contribution is -0.119. The van der Waals surface area contributed by atoms with Crippen molar-refractivity contribution in [3.05, 3.63) is 64.2 Å². The number of hydrogen-bond donors (Lipinski definition) is 1. The fourth-order valence-electron chi connectivity index (χ4n) is 3.12. The number of rotatable bonds is 6. The van der Waals surface area contributed by atoms with Crippen molar-refractivity contribution in [3.63, 3.8) is 0 Å². The van der Waals surface area contributed by atoms with Gasteiger partial charge >= 0.3 is 5.97 Å². The van der Waals surface area contributed by atoms with Gasteiger partial charge in [0.1, 0.15) is 0 Å². The summed E-state index contributed by atoms with van der Waals surface area (Å²) in [5.74, 6) is -0.263. The molecule has 0 bridgehead atoms. The molecule has 0 spiro atoms. The average Bonchev–Trinajstić information content (AvgIpc) is 2.59. The minimum Gasteiger partial charge on any atom is -0.452 e. The van der Waals surface area contributed by atoms with Crippen molar-refractivity contribution < 1.29 is 14.3 Å². The van der Waals surface area contributed by atoms with Crippen LogP contribution in [0.15, 0.2) is 36.4 Å². The van der Waals surface area contributed by atoms with Crippen LogP contribution < -0.4 is 5.32 Å². The molecule has 4 nitrogen and oxygen atoms in total. The second-order valence-electron chi connectivity index (χ2n) is 7.56. The highest BCUT2D eigenvalue weighted by Crippen LogP contribution is 2.32. The summed E-state index contributed by atoms with van der Waals surface area (Å²) in [5, 5.41) is 2.96. The van der Waals surface area contributed by atoms with Gasteiger partial charge in [0.2, 0.25) is 0 Å². The molecule has 144 valence electrons. The Morgan fingerprint density at radius 1 is 0.963 bits per heavy atom. The van der Waals surface area contributed by atoms with E-state index < -0.39 is 5.97 Å². The molecule has 0 saturated heterocycles. The number of benzene rings is 2. The average molecular weight is 367 g/mol. The van der Waals surface area contributed by atoms with Gasteiger partial charge < -0.3 is 10.1 Å². The molecule has 2 rings (SSSR count). The van der Waals surface area contributed by atoms with Crippen LogP contribution in [0.25, 0.3) is 0 Å². The second-order valence-corrected chi connectivity index (χ2v) is 7.56. The summed E-state index contributed by atoms with van der Waals surface area (Å²) in [5.41, 5.74) is 5.39. The molecule has 0 fully saturated rings. The highest BCUT2D eigenvalue weighted by Gasteiger charge is 2.17. The van der Waals surface area contributed by atoms with E-state index in [1.165, 1.54) is 0 Å². The first-order valence-electron chi connectivity index (χ1n) is 9.37. The third-order valence-electron chi connectivity index (χ3n) is 4.57. The number of hydrogen-bond acceptors (Lipinski definition) is 3. The van der Waals surface area contributed by atoms with Crippen LogP contribution in [0, 0.1) is 13.8 Å². The Labute approximate surface area is 161 Å². The van der Waals surface area contributed by atoms with Gasteiger partial charge in [0, 0.05) is 5.69 Å². The summed E-state index contributed by atoms with van der Waals surface area (Å²) in [7, 11) is 0. The minimum absolute atomic E-state index is 0.275. The third kappa shape index (κ3) is 5.19. The number of aryl methyl sites for hydroxylation is 2. The van der Waals surface area contributed by atoms with E-state index in [2.05, 4.69) is 33.0 Å². The topological polar surface area (TPSA) is 55.4 Å². The summed E-state index contributed by atoms with van der Waals surface area (Å²) >= 11 is 0. The van der Waals surface area contributed by atoms with Crippen molar-refractivity contribution in [2.45, 2.75) is 53.4 Å². The summed E-state index contributed by atoms with van der Waals surface area (Å²) in [6.45, 7) is 11.9. The number of nitrogens with one attached hydrogen (secondary N) is 1. The van der Waals surface area contributed by atoms with Gasteiger partial charge in [-0.05, 0) is 48.4 Å². The van der Waals surface area contributed by atoms with E-state index in [4.69, 9.17) is 4.74 Å². The van der Waals surface area contributed by atoms with E-state index in [0.29, 0.717) is 5.56 Å². The first-order chi connectivity index (χ1) is 12.7. The Kier molecular flexibility index (Phi) is 6.78. The molecule has 0 unspecified atom stereocenters. The maximum absolute atomic E-state index is 12.4. The zero-order chi connectivity index (χ0) is 20.1. The number of para-hydroxylation sites is 1. The summed E-state index contributed by atoms with van der Waals surface area (Å²) in [6, 6.07) is 11.6. The highest BCUT2D eigenvalue weighted by atomic mass is 16.5. The van der Waals surface area contributed by atoms with Crippen LogP contribution in [-0.2, 0) is 9.53 Å². The number of amides is 1. The van der Waals surface area contributed by atoms with Gasteiger partial charge in [-0.15, -0.1) is 0 Å². The van der Waals surface area contributed by atoms with Crippen molar-refractivity contribution in [3.8, 4) is 0 Å². The molecule has 0 aliphatic carbocycles. The van der Waals surface area contributed by atoms with Gasteiger partial charge in [-0.25, -0.2) is 4.79 Å². The van der Waals surface area contributed by atoms with Crippen molar-refractivity contribution in [1.82, 2.24) is 0 Å². The molecule has 0 radical (unpaired) electrons. The molecule has 0 aliphatic heterocycles. The Morgan fingerprint density at radius 3 is 2.07 bits per heavy atom. The van der Waals surface area contributed by atoms with E-state index in [0.717, 1.165) is 27.9 Å². The number of esters is 1. The Morgan fingerprint density at radius 2 is 1.56 bits per heavy atom. The standard InChI is InChI=1S/C23H29NO3/c1-14(2)18-8-7-9-19(15(3)4)22(18)24-21(25)13-27-23(26)20-11-10-16(5)12-17(20)6/h7-12,14-15H,13H2,1-6H3,(H,24,25). The molecule has 0 aliphatic rings. The maximum atomic E-state index is 12.4. The van der Waals surface area contributed by atoms with Crippen molar-refractivity contribution in [2.24, 2.45) is 0 Å². The van der Waals surface area contributed by atoms with Gasteiger partial charge in [0.05, 0.1) is 5.56 Å². The fraction of sp³-hybridized carbons (Fsp3) is 0.391. The third-order valence-corrected chi connectivity index (χ3v) is 4.57. The predicted octanol–water partition coefficient (Wildman–Crippen LogP) is 5.35. The lowest BCUT2D eigenvalue weighted by atomic mass is 9.92. The van der Waals surface area contributed by atoms with Crippen LogP contribution in [0.1, 0.15) is 72.1 Å². The van der Waals surface area contributed by atoms with E-state index in [9.17, 15) is 9.59 Å². The summed E-state index contributed by atoms with van der Waals surface area (Å²) in [4.78, 5) is 24.7. The molecular formula is C23H29NO3. The van der Waals surface area contributed by atoms with E-state index in [1.807, 2.05) is 44.2 Å². The number of carbonyl (C=O) groups is 2. The first kappa shape index (κ1) is 20.7. The van der Waals surface area contributed by atoms with Crippen molar-refractivity contribution in [2.75, 3.05) is 11.9 Å². The molecule has 0 saturated carbocycles. The monoisotopic (exact) mass is 367 g/mol. The summed E-state index contributed by atoms with van der Waals surface area (Å²) < 4.78 is 5.23. The molecule has 27 heavy (non-hydrogen) atoms. The van der Waals surface area contributed by atoms with Gasteiger partial charge in [0.25, 0.3) is 5.91 Å². The van der Waals surface area contributed by atoms with Gasteiger partial charge in [0.15, 0.2) is 6.61 Å². The van der Waals surface area contributed by atoms with Crippen LogP contribution >= 0.6 is 0 Å². The van der Waals surface area contributed by atoms with Gasteiger partial charge in [-0.3, -0.25) is 4.79 Å². The largest absolute Gasteiger partial charge is 0.452 e. The fourth-order valence-corrected chi connectivity index (χ4v) is 3.12. The Balaban J connectivity index is 2.11. The Bertz CT molecular complexity index is 811. The molecule has 0 heterocycles. The van der Waals surface area contributed by atoms with E-state index in [1.54, 1.807) is 6.07 Å². The lowest BCUT2D eigenvalue weighted by Gasteiger charge is -2.20. The molecule has 1 N–H and O–H groups in total. The van der Waals surface area contributed by atoms with Crippen LogP contribution in [0.3, 0.4) is 0 Å². The summed E-state index contributed by atoms with van der Waals surface area (Å²) in [6.07, 6.45) is 0. The maximum Gasteiger partial charge on any atom is 0.338 e. The van der Waals surface area contributed by atoms with Gasteiger partial charge in [-0.2, -0.15) is 0 Å². The molecule has 4 heteroatoms. The Hall–Kier alpha value is -2.62. The number of ether oxygens (including phenoxy) is 1. The number of anilines is 1. The highest BCUT2D eigenvalue weighted by molar-refractivity contribution is 5.97. The minimum atomic E-state index is -0.483. The zero-order valence-electron chi connectivity index (χ0n) is 17.1. The molecular weight excluding hydrogens is 338 g/mol. The zero-order valence-corrected chi connectivity index (χ0v) is 17.1. The normalized spacial score (nSPS) is 11.0. The van der Waals surface area contributed by atoms with Crippen molar-refractivity contribution in [1.29, 1.82) is 0 Å². The van der Waals surface area contributed by atoms with Crippen LogP contribution in [0.5, 0.6) is 0 Å². The van der Waals surface area contributed by atoms with E-state index >= 15 is 0 Å². The SMILES string of the molecule is Cc1ccc(C(=O)OCC(=O)Nc2c(C(C)C)cccc2C(C)C)c(C)c1.